The van der Waals surface area contributed by atoms with Crippen LogP contribution in [0.4, 0.5) is 0 Å². The Morgan fingerprint density at radius 2 is 0.505 bits per heavy atom. The Kier molecular flexibility index (Phi) is 67.7. The Labute approximate surface area is 581 Å². The molecule has 0 spiro atoms. The third-order valence-corrected chi connectivity index (χ3v) is 20.0. The molecule has 0 amide bonds. The third-order valence-electron chi connectivity index (χ3n) is 18.1. The minimum atomic E-state index is -4.95. The number of unbranched alkanes of at least 4 members (excludes halogenated alkanes) is 47. The summed E-state index contributed by atoms with van der Waals surface area (Å²) in [5, 5.41) is 10.6. The molecule has 0 aromatic heterocycles. The van der Waals surface area contributed by atoms with Gasteiger partial charge in [0.25, 0.3) is 0 Å². The predicted octanol–water partition coefficient (Wildman–Crippen LogP) is 22.5. The van der Waals surface area contributed by atoms with E-state index >= 15 is 0 Å². The molecule has 0 aliphatic carbocycles. The van der Waals surface area contributed by atoms with Gasteiger partial charge in [0, 0.05) is 25.7 Å². The van der Waals surface area contributed by atoms with Crippen LogP contribution in [0.3, 0.4) is 0 Å². The molecule has 0 aromatic carbocycles. The van der Waals surface area contributed by atoms with Gasteiger partial charge in [0.15, 0.2) is 12.2 Å². The fourth-order valence-electron chi connectivity index (χ4n) is 11.7. The standard InChI is InChI=1S/C76H148O17P2/c1-6-10-13-16-19-20-21-22-23-24-25-29-32-35-38-41-46-50-55-60-74(79)87-66-72(93-76(81)62-57-52-47-42-39-36-33-30-27-26-28-31-34-37-40-45-48-53-58-69(5)9-4)68-91-95(84,85)89-64-70(77)63-88-94(82,83)90-67-71(92-75(80)61-56-51-44-18-15-12-8-3)65-86-73(78)59-54-49-43-17-14-11-7-2/h69-72,77H,6-68H2,1-5H3,(H,82,83)(H,84,85)/t69?,70-,71+,72+/m0/s1. The lowest BCUT2D eigenvalue weighted by molar-refractivity contribution is -0.161. The molecule has 3 N–H and O–H groups in total. The van der Waals surface area contributed by atoms with E-state index in [4.69, 9.17) is 37.0 Å². The lowest BCUT2D eigenvalue weighted by atomic mass is 9.99. The summed E-state index contributed by atoms with van der Waals surface area (Å²) in [6.45, 7) is 7.26. The lowest BCUT2D eigenvalue weighted by Gasteiger charge is -2.21. The largest absolute Gasteiger partial charge is 0.472 e. The topological polar surface area (TPSA) is 237 Å². The van der Waals surface area contributed by atoms with Crippen LogP contribution >= 0.6 is 15.6 Å². The zero-order valence-electron chi connectivity index (χ0n) is 61.8. The van der Waals surface area contributed by atoms with Crippen molar-refractivity contribution in [1.29, 1.82) is 0 Å². The summed E-state index contributed by atoms with van der Waals surface area (Å²) in [5.41, 5.74) is 0. The van der Waals surface area contributed by atoms with Crippen molar-refractivity contribution in [2.45, 2.75) is 419 Å². The predicted molar refractivity (Wildman–Crippen MR) is 386 cm³/mol. The molecular weight excluding hydrogens is 1250 g/mol. The van der Waals surface area contributed by atoms with E-state index in [9.17, 15) is 43.2 Å². The summed E-state index contributed by atoms with van der Waals surface area (Å²) in [6.07, 6.45) is 58.8. The first-order valence-electron chi connectivity index (χ1n) is 39.7. The van der Waals surface area contributed by atoms with Gasteiger partial charge in [-0.05, 0) is 31.6 Å². The number of esters is 4. The van der Waals surface area contributed by atoms with Crippen molar-refractivity contribution >= 4 is 39.5 Å². The SMILES string of the molecule is CCCCCCCCCCCCCCCCCCCCCC(=O)OC[C@H](COP(=O)(O)OC[C@@H](O)COP(=O)(O)OC[C@@H](COC(=O)CCCCCCCCC)OC(=O)CCCCCCCCC)OC(=O)CCCCCCCCCCCCCCCCCCCCC(C)CC. The molecule has 0 saturated carbocycles. The average molecular weight is 1400 g/mol. The maximum absolute atomic E-state index is 13.1. The van der Waals surface area contributed by atoms with Gasteiger partial charge in [-0.15, -0.1) is 0 Å². The number of phosphoric ester groups is 2. The molecule has 3 unspecified atom stereocenters. The Bertz CT molecular complexity index is 1820. The quantitative estimate of drug-likeness (QED) is 0.0222. The zero-order valence-corrected chi connectivity index (χ0v) is 63.6. The number of hydrogen-bond acceptors (Lipinski definition) is 15. The highest BCUT2D eigenvalue weighted by molar-refractivity contribution is 7.47. The van der Waals surface area contributed by atoms with E-state index in [1.54, 1.807) is 0 Å². The minimum absolute atomic E-state index is 0.104. The number of phosphoric acid groups is 2. The van der Waals surface area contributed by atoms with Gasteiger partial charge in [0.1, 0.15) is 19.3 Å². The molecule has 564 valence electrons. The van der Waals surface area contributed by atoms with Gasteiger partial charge >= 0.3 is 39.5 Å². The van der Waals surface area contributed by atoms with E-state index in [2.05, 4.69) is 34.6 Å². The number of ether oxygens (including phenoxy) is 4. The van der Waals surface area contributed by atoms with Crippen LogP contribution in [0.2, 0.25) is 0 Å². The highest BCUT2D eigenvalue weighted by Crippen LogP contribution is 2.45. The molecule has 0 fully saturated rings. The van der Waals surface area contributed by atoms with Crippen LogP contribution in [0.5, 0.6) is 0 Å². The lowest BCUT2D eigenvalue weighted by Crippen LogP contribution is -2.30. The van der Waals surface area contributed by atoms with Crippen LogP contribution in [-0.4, -0.2) is 96.7 Å². The maximum Gasteiger partial charge on any atom is 0.472 e. The second-order valence-corrected chi connectivity index (χ2v) is 30.5. The molecule has 0 bridgehead atoms. The summed E-state index contributed by atoms with van der Waals surface area (Å²) < 4.78 is 68.2. The first-order chi connectivity index (χ1) is 46.1. The van der Waals surface area contributed by atoms with E-state index in [-0.39, 0.29) is 25.7 Å². The van der Waals surface area contributed by atoms with Crippen LogP contribution < -0.4 is 0 Å². The van der Waals surface area contributed by atoms with Gasteiger partial charge in [-0.1, -0.05) is 349 Å². The summed E-state index contributed by atoms with van der Waals surface area (Å²) >= 11 is 0. The van der Waals surface area contributed by atoms with Crippen LogP contribution in [0.15, 0.2) is 0 Å². The van der Waals surface area contributed by atoms with E-state index in [0.29, 0.717) is 25.7 Å². The number of rotatable bonds is 76. The second-order valence-electron chi connectivity index (χ2n) is 27.6. The van der Waals surface area contributed by atoms with Crippen molar-refractivity contribution in [1.82, 2.24) is 0 Å². The first-order valence-corrected chi connectivity index (χ1v) is 42.7. The monoisotopic (exact) mass is 1400 g/mol. The third kappa shape index (κ3) is 69.0. The van der Waals surface area contributed by atoms with Gasteiger partial charge < -0.3 is 33.8 Å². The zero-order chi connectivity index (χ0) is 69.8. The van der Waals surface area contributed by atoms with Crippen LogP contribution in [0.1, 0.15) is 401 Å². The molecule has 0 saturated heterocycles. The van der Waals surface area contributed by atoms with Crippen LogP contribution in [0.25, 0.3) is 0 Å². The number of carbonyl (C=O) groups is 4. The highest BCUT2D eigenvalue weighted by atomic mass is 31.2. The van der Waals surface area contributed by atoms with E-state index in [0.717, 1.165) is 121 Å². The van der Waals surface area contributed by atoms with Crippen LogP contribution in [0, 0.1) is 5.92 Å². The van der Waals surface area contributed by atoms with E-state index in [1.165, 1.54) is 199 Å². The van der Waals surface area contributed by atoms with Crippen LogP contribution in [-0.2, 0) is 65.4 Å². The highest BCUT2D eigenvalue weighted by Gasteiger charge is 2.30. The van der Waals surface area contributed by atoms with Crippen molar-refractivity contribution in [2.75, 3.05) is 39.6 Å². The molecule has 0 heterocycles. The van der Waals surface area contributed by atoms with Crippen molar-refractivity contribution in [2.24, 2.45) is 5.92 Å². The maximum atomic E-state index is 13.1. The second kappa shape index (κ2) is 69.2. The Morgan fingerprint density at radius 1 is 0.295 bits per heavy atom. The molecule has 0 aliphatic rings. The van der Waals surface area contributed by atoms with Crippen molar-refractivity contribution < 1.29 is 80.2 Å². The smallest absolute Gasteiger partial charge is 0.462 e. The molecule has 0 rings (SSSR count). The summed E-state index contributed by atoms with van der Waals surface area (Å²) in [5.74, 6) is -1.25. The van der Waals surface area contributed by atoms with Crippen molar-refractivity contribution in [3.8, 4) is 0 Å². The fraction of sp³-hybridized carbons (Fsp3) is 0.947. The van der Waals surface area contributed by atoms with Crippen molar-refractivity contribution in [3.63, 3.8) is 0 Å². The van der Waals surface area contributed by atoms with Gasteiger partial charge in [-0.25, -0.2) is 9.13 Å². The Balaban J connectivity index is 5.09. The Morgan fingerprint density at radius 3 is 0.747 bits per heavy atom. The van der Waals surface area contributed by atoms with Gasteiger partial charge in [0.05, 0.1) is 26.4 Å². The van der Waals surface area contributed by atoms with Crippen molar-refractivity contribution in [3.05, 3.63) is 0 Å². The molecule has 19 heteroatoms. The molecule has 95 heavy (non-hydrogen) atoms. The number of carbonyl (C=O) groups excluding carboxylic acids is 4. The fourth-order valence-corrected chi connectivity index (χ4v) is 13.3. The van der Waals surface area contributed by atoms with E-state index < -0.39 is 97.5 Å². The molecule has 0 aromatic rings. The number of aliphatic hydroxyl groups excluding tert-OH is 1. The van der Waals surface area contributed by atoms with Gasteiger partial charge in [0.2, 0.25) is 0 Å². The normalized spacial score (nSPS) is 14.2. The molecular formula is C76H148O17P2. The minimum Gasteiger partial charge on any atom is -0.462 e. The summed E-state index contributed by atoms with van der Waals surface area (Å²) in [4.78, 5) is 72.4. The summed E-state index contributed by atoms with van der Waals surface area (Å²) in [6, 6.07) is 0. The number of aliphatic hydroxyl groups is 1. The summed E-state index contributed by atoms with van der Waals surface area (Å²) in [7, 11) is -9.89. The van der Waals surface area contributed by atoms with Gasteiger partial charge in [-0.3, -0.25) is 37.3 Å². The average Bonchev–Trinajstić information content (AvgIpc) is 1.89. The molecule has 17 nitrogen and oxygen atoms in total. The molecule has 0 aliphatic heterocycles. The molecule has 6 atom stereocenters. The first kappa shape index (κ1) is 93.1. The number of hydrogen-bond donors (Lipinski definition) is 3. The van der Waals surface area contributed by atoms with Gasteiger partial charge in [-0.2, -0.15) is 0 Å². The molecule has 0 radical (unpaired) electrons. The Hall–Kier alpha value is -1.94. The van der Waals surface area contributed by atoms with E-state index in [1.807, 2.05) is 0 Å².